The van der Waals surface area contributed by atoms with Gasteiger partial charge < -0.3 is 0 Å². The third kappa shape index (κ3) is 1.92. The van der Waals surface area contributed by atoms with Gasteiger partial charge in [-0.2, -0.15) is 5.26 Å². The van der Waals surface area contributed by atoms with Gasteiger partial charge in [0.05, 0.1) is 8.07 Å². The molecule has 0 saturated heterocycles. The smallest absolute Gasteiger partial charge is 0.110 e. The van der Waals surface area contributed by atoms with Crippen LogP contribution in [-0.4, -0.2) is 8.07 Å². The summed E-state index contributed by atoms with van der Waals surface area (Å²) < 4.78 is 1.41. The zero-order valence-electron chi connectivity index (χ0n) is 7.01. The van der Waals surface area contributed by atoms with Crippen molar-refractivity contribution in [1.29, 1.82) is 5.26 Å². The van der Waals surface area contributed by atoms with Crippen molar-refractivity contribution < 1.29 is 0 Å². The Kier molecular flexibility index (Phi) is 2.17. The lowest BCUT2D eigenvalue weighted by Gasteiger charge is -2.11. The average Bonchev–Trinajstić information content (AvgIpc) is 2.32. The summed E-state index contributed by atoms with van der Waals surface area (Å²) in [4.78, 5) is 0.836. The van der Waals surface area contributed by atoms with E-state index in [1.807, 2.05) is 6.07 Å². The van der Waals surface area contributed by atoms with Crippen molar-refractivity contribution in [2.75, 3.05) is 0 Å². The van der Waals surface area contributed by atoms with Crippen LogP contribution in [0.1, 0.15) is 4.88 Å². The number of hydrogen-bond acceptors (Lipinski definition) is 2. The molecule has 58 valence electrons. The Bertz CT molecular complexity index is 290. The molecule has 1 heterocycles. The number of nitrogens with zero attached hydrogens (tertiary/aromatic N) is 1. The largest absolute Gasteiger partial charge is 0.192 e. The zero-order chi connectivity index (χ0) is 8.48. The van der Waals surface area contributed by atoms with E-state index in [9.17, 15) is 0 Å². The molecule has 0 atom stereocenters. The molecule has 1 nitrogen and oxygen atoms in total. The summed E-state index contributed by atoms with van der Waals surface area (Å²) in [6.07, 6.45) is 0. The van der Waals surface area contributed by atoms with Crippen LogP contribution in [0.4, 0.5) is 0 Å². The first kappa shape index (κ1) is 8.50. The lowest BCUT2D eigenvalue weighted by atomic mass is 10.5. The first-order valence-corrected chi connectivity index (χ1v) is 7.86. The van der Waals surface area contributed by atoms with E-state index < -0.39 is 8.07 Å². The molecule has 0 saturated carbocycles. The molecular weight excluding hydrogens is 170 g/mol. The molecule has 0 bridgehead atoms. The topological polar surface area (TPSA) is 23.8 Å². The van der Waals surface area contributed by atoms with E-state index in [0.29, 0.717) is 0 Å². The minimum absolute atomic E-state index is 0.836. The monoisotopic (exact) mass is 181 g/mol. The minimum Gasteiger partial charge on any atom is -0.192 e. The normalized spacial score (nSPS) is 11.1. The molecule has 1 aromatic heterocycles. The van der Waals surface area contributed by atoms with E-state index in [1.54, 1.807) is 11.3 Å². The summed E-state index contributed by atoms with van der Waals surface area (Å²) in [5.74, 6) is 0. The van der Waals surface area contributed by atoms with Crippen LogP contribution in [0.5, 0.6) is 0 Å². The van der Waals surface area contributed by atoms with Crippen LogP contribution in [0.25, 0.3) is 0 Å². The highest BCUT2D eigenvalue weighted by Gasteiger charge is 2.18. The van der Waals surface area contributed by atoms with Gasteiger partial charge >= 0.3 is 0 Å². The van der Waals surface area contributed by atoms with E-state index in [1.165, 1.54) is 4.50 Å². The van der Waals surface area contributed by atoms with Crippen molar-refractivity contribution in [3.63, 3.8) is 0 Å². The van der Waals surface area contributed by atoms with Crippen molar-refractivity contribution in [1.82, 2.24) is 0 Å². The molecule has 1 rings (SSSR count). The summed E-state index contributed by atoms with van der Waals surface area (Å²) in [5.41, 5.74) is 0. The molecule has 0 aliphatic carbocycles. The highest BCUT2D eigenvalue weighted by atomic mass is 32.1. The fourth-order valence-electron chi connectivity index (χ4n) is 0.801. The van der Waals surface area contributed by atoms with Crippen LogP contribution < -0.4 is 4.50 Å². The second-order valence-electron chi connectivity index (χ2n) is 3.53. The van der Waals surface area contributed by atoms with Crippen LogP contribution in [0.2, 0.25) is 19.6 Å². The Balaban J connectivity index is 3.01. The number of thiophene rings is 1. The summed E-state index contributed by atoms with van der Waals surface area (Å²) >= 11 is 1.64. The summed E-state index contributed by atoms with van der Waals surface area (Å²) in [7, 11) is -1.16. The molecule has 0 fully saturated rings. The van der Waals surface area contributed by atoms with Gasteiger partial charge in [-0.05, 0) is 10.6 Å². The molecule has 11 heavy (non-hydrogen) atoms. The Hall–Kier alpha value is -0.593. The maximum absolute atomic E-state index is 8.59. The van der Waals surface area contributed by atoms with Gasteiger partial charge in [0.1, 0.15) is 10.9 Å². The first-order valence-electron chi connectivity index (χ1n) is 3.54. The Labute approximate surface area is 72.3 Å². The van der Waals surface area contributed by atoms with Gasteiger partial charge in [0, 0.05) is 0 Å². The second-order valence-corrected chi connectivity index (χ2v) is 10.0. The summed E-state index contributed by atoms with van der Waals surface area (Å²) in [5, 5.41) is 8.59. The van der Waals surface area contributed by atoms with Crippen molar-refractivity contribution in [2.45, 2.75) is 19.6 Å². The van der Waals surface area contributed by atoms with Gasteiger partial charge in [-0.1, -0.05) is 25.7 Å². The molecule has 0 spiro atoms. The van der Waals surface area contributed by atoms with E-state index in [0.717, 1.165) is 4.88 Å². The first-order chi connectivity index (χ1) is 5.04. The maximum atomic E-state index is 8.59. The van der Waals surface area contributed by atoms with Crippen LogP contribution in [0, 0.1) is 11.3 Å². The number of hydrogen-bond donors (Lipinski definition) is 0. The van der Waals surface area contributed by atoms with Crippen LogP contribution in [0.15, 0.2) is 12.1 Å². The number of rotatable bonds is 1. The molecule has 1 aromatic rings. The van der Waals surface area contributed by atoms with Crippen molar-refractivity contribution in [2.24, 2.45) is 0 Å². The van der Waals surface area contributed by atoms with Gasteiger partial charge in [0.2, 0.25) is 0 Å². The highest BCUT2D eigenvalue weighted by molar-refractivity contribution is 7.26. The third-order valence-corrected chi connectivity index (χ3v) is 6.05. The lowest BCUT2D eigenvalue weighted by Crippen LogP contribution is -2.34. The van der Waals surface area contributed by atoms with Gasteiger partial charge in [0.15, 0.2) is 0 Å². The van der Waals surface area contributed by atoms with Gasteiger partial charge in [-0.3, -0.25) is 0 Å². The Morgan fingerprint density at radius 2 is 2.00 bits per heavy atom. The predicted molar refractivity (Wildman–Crippen MR) is 52.0 cm³/mol. The summed E-state index contributed by atoms with van der Waals surface area (Å²) in [6, 6.07) is 6.17. The molecule has 0 N–H and O–H groups in total. The quantitative estimate of drug-likeness (QED) is 0.609. The van der Waals surface area contributed by atoms with Crippen LogP contribution in [-0.2, 0) is 0 Å². The van der Waals surface area contributed by atoms with E-state index in [4.69, 9.17) is 5.26 Å². The lowest BCUT2D eigenvalue weighted by molar-refractivity contribution is 1.52. The molecule has 0 amide bonds. The van der Waals surface area contributed by atoms with Gasteiger partial charge in [0.25, 0.3) is 0 Å². The Morgan fingerprint density at radius 1 is 1.36 bits per heavy atom. The van der Waals surface area contributed by atoms with Crippen LogP contribution in [0.3, 0.4) is 0 Å². The van der Waals surface area contributed by atoms with Crippen molar-refractivity contribution >= 4 is 23.9 Å². The fraction of sp³-hybridized carbons (Fsp3) is 0.375. The molecule has 0 aliphatic heterocycles. The summed E-state index contributed by atoms with van der Waals surface area (Å²) in [6.45, 7) is 6.87. The molecule has 3 heteroatoms. The molecule has 0 unspecified atom stereocenters. The van der Waals surface area contributed by atoms with Crippen molar-refractivity contribution in [3.05, 3.63) is 17.0 Å². The van der Waals surface area contributed by atoms with E-state index >= 15 is 0 Å². The Morgan fingerprint density at radius 3 is 2.27 bits per heavy atom. The maximum Gasteiger partial charge on any atom is 0.110 e. The molecule has 0 aromatic carbocycles. The molecule has 0 radical (unpaired) electrons. The predicted octanol–water partition coefficient (Wildman–Crippen LogP) is 2.16. The second kappa shape index (κ2) is 2.80. The molecular formula is C8H11NSSi. The number of nitriles is 1. The minimum atomic E-state index is -1.16. The van der Waals surface area contributed by atoms with Gasteiger partial charge in [-0.15, -0.1) is 11.3 Å². The van der Waals surface area contributed by atoms with E-state index in [-0.39, 0.29) is 0 Å². The van der Waals surface area contributed by atoms with Crippen LogP contribution >= 0.6 is 11.3 Å². The third-order valence-electron chi connectivity index (χ3n) is 1.46. The zero-order valence-corrected chi connectivity index (χ0v) is 8.83. The fourth-order valence-corrected chi connectivity index (χ4v) is 3.49. The van der Waals surface area contributed by atoms with E-state index in [2.05, 4.69) is 31.8 Å². The molecule has 0 aliphatic rings. The van der Waals surface area contributed by atoms with Crippen molar-refractivity contribution in [3.8, 4) is 6.07 Å². The SMILES string of the molecule is C[Si](C)(C)c1ccc(C#N)s1. The average molecular weight is 181 g/mol. The standard InChI is InChI=1S/C8H11NSSi/c1-11(2,3)8-5-4-7(6-9)10-8/h4-5H,1-3H3. The highest BCUT2D eigenvalue weighted by Crippen LogP contribution is 2.11. The van der Waals surface area contributed by atoms with Gasteiger partial charge in [-0.25, -0.2) is 0 Å².